The van der Waals surface area contributed by atoms with E-state index in [1.54, 1.807) is 0 Å². The van der Waals surface area contributed by atoms with E-state index >= 15 is 0 Å². The van der Waals surface area contributed by atoms with Crippen LogP contribution in [0.4, 0.5) is 0 Å². The van der Waals surface area contributed by atoms with Crippen molar-refractivity contribution < 1.29 is 9.28 Å². The molecule has 5 heteroatoms. The van der Waals surface area contributed by atoms with Crippen LogP contribution in [-0.4, -0.2) is 105 Å². The zero-order valence-corrected chi connectivity index (χ0v) is 36.2. The summed E-state index contributed by atoms with van der Waals surface area (Å²) in [5.41, 5.74) is 0. The number of carbonyl (C=O) groups excluding carboxylic acids is 1. The second-order valence-corrected chi connectivity index (χ2v) is 17.4. The molecule has 0 atom stereocenters. The molecule has 1 heterocycles. The fraction of sp³-hybridized carbons (Fsp3) is 0.894. The van der Waals surface area contributed by atoms with Gasteiger partial charge >= 0.3 is 0 Å². The van der Waals surface area contributed by atoms with Crippen molar-refractivity contribution in [2.75, 3.05) is 80.0 Å². The molecule has 0 bridgehead atoms. The van der Waals surface area contributed by atoms with Crippen molar-refractivity contribution in [3.63, 3.8) is 0 Å². The predicted molar refractivity (Wildman–Crippen MR) is 231 cm³/mol. The molecular weight excluding hydrogens is 637 g/mol. The van der Waals surface area contributed by atoms with Gasteiger partial charge < -0.3 is 19.2 Å². The second-order valence-electron chi connectivity index (χ2n) is 17.4. The molecule has 1 aliphatic heterocycles. The molecule has 1 aliphatic rings. The normalized spacial score (nSPS) is 15.5. The zero-order chi connectivity index (χ0) is 37.8. The van der Waals surface area contributed by atoms with E-state index < -0.39 is 0 Å². The van der Waals surface area contributed by atoms with Crippen molar-refractivity contribution >= 4 is 5.91 Å². The van der Waals surface area contributed by atoms with Crippen molar-refractivity contribution in [2.45, 2.75) is 194 Å². The summed E-state index contributed by atoms with van der Waals surface area (Å²) in [6.07, 6.45) is 47.8. The summed E-state index contributed by atoms with van der Waals surface area (Å²) < 4.78 is 0.702. The Morgan fingerprint density at radius 2 is 0.712 bits per heavy atom. The molecule has 52 heavy (non-hydrogen) atoms. The molecule has 0 spiro atoms. The predicted octanol–water partition coefficient (Wildman–Crippen LogP) is 12.2. The van der Waals surface area contributed by atoms with Crippen LogP contribution in [0.25, 0.3) is 0 Å². The average molecular weight is 730 g/mol. The van der Waals surface area contributed by atoms with Crippen LogP contribution in [0, 0.1) is 0 Å². The summed E-state index contributed by atoms with van der Waals surface area (Å²) in [7, 11) is 6.40. The van der Waals surface area contributed by atoms with Crippen LogP contribution < -0.4 is 0 Å². The highest BCUT2D eigenvalue weighted by Gasteiger charge is 2.23. The fourth-order valence-electron chi connectivity index (χ4n) is 7.51. The first kappa shape index (κ1) is 48.8. The summed E-state index contributed by atoms with van der Waals surface area (Å²) in [5, 5.41) is 0. The van der Waals surface area contributed by atoms with Crippen LogP contribution in [0.15, 0.2) is 24.3 Å². The van der Waals surface area contributed by atoms with E-state index in [1.807, 2.05) is 0 Å². The number of hydrogen-bond acceptors (Lipinski definition) is 3. The molecule has 0 aromatic carbocycles. The van der Waals surface area contributed by atoms with Gasteiger partial charge in [0.05, 0.1) is 21.1 Å². The minimum atomic E-state index is 0.323. The topological polar surface area (TPSA) is 26.8 Å². The van der Waals surface area contributed by atoms with E-state index in [1.165, 1.54) is 193 Å². The highest BCUT2D eigenvalue weighted by Crippen LogP contribution is 2.13. The van der Waals surface area contributed by atoms with Crippen molar-refractivity contribution in [3.05, 3.63) is 24.3 Å². The Morgan fingerprint density at radius 3 is 1.04 bits per heavy atom. The molecule has 1 saturated heterocycles. The summed E-state index contributed by atoms with van der Waals surface area (Å²) in [6.45, 7) is 13.6. The molecule has 0 aromatic heterocycles. The number of unbranched alkanes of at least 4 members (excludes halogenated alkanes) is 24. The van der Waals surface area contributed by atoms with Crippen LogP contribution in [0.2, 0.25) is 0 Å². The zero-order valence-electron chi connectivity index (χ0n) is 36.2. The van der Waals surface area contributed by atoms with Crippen molar-refractivity contribution in [2.24, 2.45) is 0 Å². The lowest BCUT2D eigenvalue weighted by atomic mass is 10.1. The van der Waals surface area contributed by atoms with Gasteiger partial charge in [0.25, 0.3) is 5.91 Å². The lowest BCUT2D eigenvalue weighted by molar-refractivity contribution is -0.862. The van der Waals surface area contributed by atoms with Crippen LogP contribution >= 0.6 is 0 Å². The van der Waals surface area contributed by atoms with E-state index in [0.29, 0.717) is 16.9 Å². The Bertz CT molecular complexity index is 780. The minimum absolute atomic E-state index is 0.323. The van der Waals surface area contributed by atoms with E-state index in [-0.39, 0.29) is 0 Å². The lowest BCUT2D eigenvalue weighted by Crippen LogP contribution is -2.48. The van der Waals surface area contributed by atoms with Gasteiger partial charge in [-0.3, -0.25) is 4.79 Å². The largest absolute Gasteiger partial charge is 0.335 e. The second kappa shape index (κ2) is 35.5. The van der Waals surface area contributed by atoms with Crippen molar-refractivity contribution in [1.29, 1.82) is 0 Å². The molecule has 1 amide bonds. The van der Waals surface area contributed by atoms with Gasteiger partial charge in [0, 0.05) is 39.3 Å². The van der Waals surface area contributed by atoms with Gasteiger partial charge in [-0.2, -0.15) is 0 Å². The van der Waals surface area contributed by atoms with Gasteiger partial charge in [-0.25, -0.2) is 0 Å². The van der Waals surface area contributed by atoms with Gasteiger partial charge in [0.15, 0.2) is 6.54 Å². The summed E-state index contributed by atoms with van der Waals surface area (Å²) in [6, 6.07) is 0. The Kier molecular flexibility index (Phi) is 33.4. The number of amides is 1. The number of nitrogens with zero attached hydrogens (tertiary/aromatic N) is 4. The Balaban J connectivity index is 2.27. The fourth-order valence-corrected chi connectivity index (χ4v) is 7.51. The number of carbonyl (C=O) groups is 1. The minimum Gasteiger partial charge on any atom is -0.335 e. The molecule has 0 aromatic rings. The lowest BCUT2D eigenvalue weighted by Gasteiger charge is -2.30. The number of hydrogen-bond donors (Lipinski definition) is 0. The van der Waals surface area contributed by atoms with Gasteiger partial charge in [0.1, 0.15) is 0 Å². The van der Waals surface area contributed by atoms with Crippen molar-refractivity contribution in [1.82, 2.24) is 14.7 Å². The van der Waals surface area contributed by atoms with Gasteiger partial charge in [-0.1, -0.05) is 154 Å². The summed E-state index contributed by atoms with van der Waals surface area (Å²) >= 11 is 0. The first-order valence-corrected chi connectivity index (χ1v) is 23.2. The Morgan fingerprint density at radius 1 is 0.423 bits per heavy atom. The molecule has 0 unspecified atom stereocenters. The first-order valence-electron chi connectivity index (χ1n) is 23.2. The molecule has 306 valence electrons. The Hall–Kier alpha value is -1.17. The number of allylic oxidation sites excluding steroid dienone is 4. The maximum atomic E-state index is 13.3. The van der Waals surface area contributed by atoms with Crippen molar-refractivity contribution in [3.8, 4) is 0 Å². The molecular formula is C47H93N4O+. The van der Waals surface area contributed by atoms with E-state index in [2.05, 4.69) is 74.0 Å². The third-order valence-corrected chi connectivity index (χ3v) is 11.0. The van der Waals surface area contributed by atoms with Crippen LogP contribution in [-0.2, 0) is 4.79 Å². The van der Waals surface area contributed by atoms with Crippen LogP contribution in [0.1, 0.15) is 194 Å². The van der Waals surface area contributed by atoms with Gasteiger partial charge in [-0.05, 0) is 77.3 Å². The summed E-state index contributed by atoms with van der Waals surface area (Å²) in [4.78, 5) is 20.8. The Labute approximate surface area is 327 Å². The van der Waals surface area contributed by atoms with E-state index in [4.69, 9.17) is 0 Å². The summed E-state index contributed by atoms with van der Waals surface area (Å²) in [5.74, 6) is 0.323. The maximum Gasteiger partial charge on any atom is 0.277 e. The first-order chi connectivity index (χ1) is 25.4. The van der Waals surface area contributed by atoms with E-state index in [9.17, 15) is 4.79 Å². The molecule has 0 N–H and O–H groups in total. The SMILES string of the molecule is CCCCCCCCC=CCCCCCCCCN1CCN(CCCCCCCCC=CCCCCCCCC)CCN(C(=O)C[N+](C)(C)C)CC1. The number of quaternary nitrogens is 1. The average Bonchev–Trinajstić information content (AvgIpc) is 3.21. The number of likely N-dealkylation sites (N-methyl/N-ethyl adjacent to an activating group) is 1. The third-order valence-electron chi connectivity index (χ3n) is 11.0. The smallest absolute Gasteiger partial charge is 0.277 e. The molecule has 0 aliphatic carbocycles. The highest BCUT2D eigenvalue weighted by atomic mass is 16.2. The molecule has 1 fully saturated rings. The number of rotatable bonds is 34. The van der Waals surface area contributed by atoms with Gasteiger partial charge in [-0.15, -0.1) is 0 Å². The van der Waals surface area contributed by atoms with Crippen LogP contribution in [0.3, 0.4) is 0 Å². The third kappa shape index (κ3) is 32.3. The highest BCUT2D eigenvalue weighted by molar-refractivity contribution is 5.77. The molecule has 0 saturated carbocycles. The molecule has 5 nitrogen and oxygen atoms in total. The van der Waals surface area contributed by atoms with E-state index in [0.717, 1.165) is 39.3 Å². The molecule has 0 radical (unpaired) electrons. The van der Waals surface area contributed by atoms with Crippen LogP contribution in [0.5, 0.6) is 0 Å². The van der Waals surface area contributed by atoms with Gasteiger partial charge in [0.2, 0.25) is 0 Å². The quantitative estimate of drug-likeness (QED) is 0.0375. The molecule has 1 rings (SSSR count). The monoisotopic (exact) mass is 730 g/mol. The maximum absolute atomic E-state index is 13.3. The standard InChI is InChI=1S/C47H93N4O/c1-6-8-10-12-14-16-18-20-22-24-26-28-30-32-34-36-38-48-40-41-49(43-45-50(44-42-48)47(52)46-51(3,4)5)39-37-35-33-31-29-27-25-23-21-19-17-15-13-11-9-7-2/h20-23H,6-19,24-46H2,1-5H3/q+1.